The Balaban J connectivity index is 2.15. The van der Waals surface area contributed by atoms with E-state index in [0.717, 1.165) is 17.0 Å². The van der Waals surface area contributed by atoms with Crippen LogP contribution in [0.2, 0.25) is 5.02 Å². The summed E-state index contributed by atoms with van der Waals surface area (Å²) in [6.45, 7) is -0.101. The molecule has 1 heterocycles. The second-order valence-corrected chi connectivity index (χ2v) is 4.86. The minimum absolute atomic E-state index is 0.0420. The zero-order chi connectivity index (χ0) is 14.9. The van der Waals surface area contributed by atoms with E-state index in [1.807, 2.05) is 0 Å². The molecule has 1 fully saturated rings. The van der Waals surface area contributed by atoms with Crippen molar-refractivity contribution in [3.05, 3.63) is 29.0 Å². The maximum Gasteiger partial charge on any atom is 0.326 e. The van der Waals surface area contributed by atoms with Crippen molar-refractivity contribution in [1.82, 2.24) is 4.90 Å². The molecule has 0 saturated carbocycles. The largest absolute Gasteiger partial charge is 0.480 e. The molecule has 3 N–H and O–H groups in total. The molecule has 1 aromatic rings. The van der Waals surface area contributed by atoms with Crippen LogP contribution in [0.4, 0.5) is 14.9 Å². The number of nitrogens with zero attached hydrogens (tertiary/aromatic N) is 1. The van der Waals surface area contributed by atoms with Crippen molar-refractivity contribution >= 4 is 29.3 Å². The van der Waals surface area contributed by atoms with E-state index in [1.54, 1.807) is 0 Å². The molecular weight excluding hydrogens is 291 g/mol. The molecule has 2 rings (SSSR count). The van der Waals surface area contributed by atoms with E-state index in [1.165, 1.54) is 6.07 Å². The second kappa shape index (κ2) is 5.64. The predicted octanol–water partition coefficient (Wildman–Crippen LogP) is 1.53. The summed E-state index contributed by atoms with van der Waals surface area (Å²) in [6, 6.07) is 1.58. The van der Waals surface area contributed by atoms with Crippen LogP contribution < -0.4 is 5.32 Å². The van der Waals surface area contributed by atoms with E-state index in [-0.39, 0.29) is 23.7 Å². The van der Waals surface area contributed by atoms with Crippen LogP contribution >= 0.6 is 11.6 Å². The Morgan fingerprint density at radius 1 is 1.45 bits per heavy atom. The molecule has 6 nitrogen and oxygen atoms in total. The van der Waals surface area contributed by atoms with Gasteiger partial charge in [0.05, 0.1) is 16.8 Å². The number of aliphatic hydroxyl groups excluding tert-OH is 1. The first-order valence-electron chi connectivity index (χ1n) is 5.82. The van der Waals surface area contributed by atoms with Gasteiger partial charge in [-0.3, -0.25) is 0 Å². The number of nitrogens with one attached hydrogen (secondary N) is 1. The van der Waals surface area contributed by atoms with Crippen LogP contribution in [0, 0.1) is 5.82 Å². The van der Waals surface area contributed by atoms with Gasteiger partial charge in [0.2, 0.25) is 0 Å². The van der Waals surface area contributed by atoms with Crippen LogP contribution in [0.25, 0.3) is 0 Å². The van der Waals surface area contributed by atoms with Crippen LogP contribution in [0.15, 0.2) is 18.2 Å². The summed E-state index contributed by atoms with van der Waals surface area (Å²) in [6.07, 6.45) is -0.940. The van der Waals surface area contributed by atoms with Gasteiger partial charge in [-0.05, 0) is 18.2 Å². The first-order chi connectivity index (χ1) is 9.38. The number of anilines is 1. The maximum absolute atomic E-state index is 13.1. The minimum Gasteiger partial charge on any atom is -0.480 e. The number of benzene rings is 1. The van der Waals surface area contributed by atoms with E-state index in [0.29, 0.717) is 0 Å². The van der Waals surface area contributed by atoms with Gasteiger partial charge in [0, 0.05) is 13.0 Å². The Labute approximate surface area is 118 Å². The number of amides is 2. The molecule has 0 unspecified atom stereocenters. The van der Waals surface area contributed by atoms with Gasteiger partial charge in [-0.15, -0.1) is 0 Å². The molecule has 1 aromatic carbocycles. The topological polar surface area (TPSA) is 89.9 Å². The Hall–Kier alpha value is -1.86. The van der Waals surface area contributed by atoms with Crippen molar-refractivity contribution in [2.24, 2.45) is 0 Å². The summed E-state index contributed by atoms with van der Waals surface area (Å²) in [7, 11) is 0. The number of carbonyl (C=O) groups excluding carboxylic acids is 1. The molecule has 0 aliphatic carbocycles. The Kier molecular flexibility index (Phi) is 4.10. The fraction of sp³-hybridized carbons (Fsp3) is 0.333. The summed E-state index contributed by atoms with van der Waals surface area (Å²) in [5.74, 6) is -1.79. The Bertz CT molecular complexity index is 554. The van der Waals surface area contributed by atoms with E-state index in [9.17, 15) is 19.1 Å². The van der Waals surface area contributed by atoms with Gasteiger partial charge in [-0.25, -0.2) is 14.0 Å². The number of likely N-dealkylation sites (tertiary alicyclic amines) is 1. The van der Waals surface area contributed by atoms with Crippen LogP contribution in [-0.2, 0) is 4.79 Å². The highest BCUT2D eigenvalue weighted by atomic mass is 35.5. The lowest BCUT2D eigenvalue weighted by molar-refractivity contribution is -0.141. The SMILES string of the molecule is O=C(O)[C@@H]1C[C@@H](O)CN1C(=O)Nc1cc(F)ccc1Cl. The zero-order valence-corrected chi connectivity index (χ0v) is 11.0. The molecule has 0 aromatic heterocycles. The zero-order valence-electron chi connectivity index (χ0n) is 10.2. The number of carboxylic acids is 1. The number of carboxylic acid groups (broad SMARTS) is 1. The molecular formula is C12H12ClFN2O4. The lowest BCUT2D eigenvalue weighted by atomic mass is 10.2. The lowest BCUT2D eigenvalue weighted by Crippen LogP contribution is -2.43. The average Bonchev–Trinajstić information content (AvgIpc) is 2.76. The van der Waals surface area contributed by atoms with Gasteiger partial charge in [0.25, 0.3) is 0 Å². The first-order valence-corrected chi connectivity index (χ1v) is 6.20. The van der Waals surface area contributed by atoms with E-state index >= 15 is 0 Å². The van der Waals surface area contributed by atoms with Gasteiger partial charge in [0.1, 0.15) is 11.9 Å². The fourth-order valence-corrected chi connectivity index (χ4v) is 2.22. The highest BCUT2D eigenvalue weighted by molar-refractivity contribution is 6.33. The summed E-state index contributed by atoms with van der Waals surface area (Å²) in [5, 5.41) is 20.9. The average molecular weight is 303 g/mol. The number of rotatable bonds is 2. The third kappa shape index (κ3) is 3.00. The van der Waals surface area contributed by atoms with Crippen LogP contribution in [-0.4, -0.2) is 45.8 Å². The number of aliphatic hydroxyl groups is 1. The summed E-state index contributed by atoms with van der Waals surface area (Å²) >= 11 is 5.81. The van der Waals surface area contributed by atoms with Crippen molar-refractivity contribution in [2.45, 2.75) is 18.6 Å². The summed E-state index contributed by atoms with van der Waals surface area (Å²) < 4.78 is 13.1. The quantitative estimate of drug-likeness (QED) is 0.773. The normalized spacial score (nSPS) is 21.9. The number of carbonyl (C=O) groups is 2. The third-order valence-corrected chi connectivity index (χ3v) is 3.32. The first kappa shape index (κ1) is 14.5. The number of aliphatic carboxylic acids is 1. The van der Waals surface area contributed by atoms with Crippen molar-refractivity contribution in [3.8, 4) is 0 Å². The van der Waals surface area contributed by atoms with E-state index in [2.05, 4.69) is 5.32 Å². The third-order valence-electron chi connectivity index (χ3n) is 2.99. The van der Waals surface area contributed by atoms with Gasteiger partial charge >= 0.3 is 12.0 Å². The Morgan fingerprint density at radius 2 is 2.15 bits per heavy atom. The molecule has 2 amide bonds. The highest BCUT2D eigenvalue weighted by Crippen LogP contribution is 2.25. The van der Waals surface area contributed by atoms with Gasteiger partial charge < -0.3 is 20.4 Å². The van der Waals surface area contributed by atoms with Crippen molar-refractivity contribution in [2.75, 3.05) is 11.9 Å². The number of β-amino-alcohol motifs (C(OH)–C–C–N with tert-alkyl or cyclic N) is 1. The van der Waals surface area contributed by atoms with Crippen LogP contribution in [0.3, 0.4) is 0 Å². The highest BCUT2D eigenvalue weighted by Gasteiger charge is 2.39. The molecule has 1 saturated heterocycles. The maximum atomic E-state index is 13.1. The van der Waals surface area contributed by atoms with Crippen molar-refractivity contribution in [3.63, 3.8) is 0 Å². The molecule has 108 valence electrons. The molecule has 20 heavy (non-hydrogen) atoms. The molecule has 8 heteroatoms. The second-order valence-electron chi connectivity index (χ2n) is 4.45. The summed E-state index contributed by atoms with van der Waals surface area (Å²) in [4.78, 5) is 24.0. The monoisotopic (exact) mass is 302 g/mol. The van der Waals surface area contributed by atoms with Crippen LogP contribution in [0.5, 0.6) is 0 Å². The number of halogens is 2. The van der Waals surface area contributed by atoms with E-state index in [4.69, 9.17) is 16.7 Å². The standard InChI is InChI=1S/C12H12ClFN2O4/c13-8-2-1-6(14)3-9(8)15-12(20)16-5-7(17)4-10(16)11(18)19/h1-3,7,10,17H,4-5H2,(H,15,20)(H,18,19)/t7-,10+/m1/s1. The predicted molar refractivity (Wildman–Crippen MR) is 69.2 cm³/mol. The Morgan fingerprint density at radius 3 is 2.80 bits per heavy atom. The van der Waals surface area contributed by atoms with Crippen molar-refractivity contribution < 1.29 is 24.2 Å². The summed E-state index contributed by atoms with van der Waals surface area (Å²) in [5.41, 5.74) is 0.0437. The van der Waals surface area contributed by atoms with Gasteiger partial charge in [0.15, 0.2) is 0 Å². The number of urea groups is 1. The smallest absolute Gasteiger partial charge is 0.326 e. The molecule has 0 radical (unpaired) electrons. The van der Waals surface area contributed by atoms with E-state index < -0.39 is 30.0 Å². The van der Waals surface area contributed by atoms with Gasteiger partial charge in [-0.1, -0.05) is 11.6 Å². The molecule has 1 aliphatic heterocycles. The lowest BCUT2D eigenvalue weighted by Gasteiger charge is -2.21. The van der Waals surface area contributed by atoms with Gasteiger partial charge in [-0.2, -0.15) is 0 Å². The molecule has 0 bridgehead atoms. The molecule has 2 atom stereocenters. The minimum atomic E-state index is -1.21. The molecule has 1 aliphatic rings. The number of hydrogen-bond acceptors (Lipinski definition) is 3. The molecule has 0 spiro atoms. The van der Waals surface area contributed by atoms with Crippen molar-refractivity contribution in [1.29, 1.82) is 0 Å². The number of hydrogen-bond donors (Lipinski definition) is 3. The fourth-order valence-electron chi connectivity index (χ4n) is 2.05. The van der Waals surface area contributed by atoms with Crippen LogP contribution in [0.1, 0.15) is 6.42 Å².